The summed E-state index contributed by atoms with van der Waals surface area (Å²) in [6, 6.07) is 8.15. The molecule has 1 heterocycles. The molecule has 74 valence electrons. The van der Waals surface area contributed by atoms with Crippen LogP contribution in [0, 0.1) is 0 Å². The Hall–Kier alpha value is -1.32. The van der Waals surface area contributed by atoms with E-state index in [-0.39, 0.29) is 6.04 Å². The molecule has 4 N–H and O–H groups in total. The molecule has 0 spiro atoms. The van der Waals surface area contributed by atoms with E-state index in [1.807, 2.05) is 19.2 Å². The van der Waals surface area contributed by atoms with Crippen LogP contribution in [0.4, 0.5) is 0 Å². The van der Waals surface area contributed by atoms with Crippen molar-refractivity contribution in [2.45, 2.75) is 6.04 Å². The third-order valence-corrected chi connectivity index (χ3v) is 2.58. The molecule has 1 atom stereocenters. The van der Waals surface area contributed by atoms with E-state index in [9.17, 15) is 0 Å². The van der Waals surface area contributed by atoms with Crippen molar-refractivity contribution in [2.24, 2.45) is 18.5 Å². The van der Waals surface area contributed by atoms with Gasteiger partial charge in [0.05, 0.1) is 0 Å². The van der Waals surface area contributed by atoms with Gasteiger partial charge in [-0.2, -0.15) is 0 Å². The van der Waals surface area contributed by atoms with E-state index < -0.39 is 0 Å². The highest BCUT2D eigenvalue weighted by molar-refractivity contribution is 5.84. The molecule has 0 bridgehead atoms. The smallest absolute Gasteiger partial charge is 0.0481 e. The van der Waals surface area contributed by atoms with Crippen LogP contribution in [0.2, 0.25) is 0 Å². The molecule has 0 amide bonds. The Labute approximate surface area is 83.3 Å². The molecule has 1 aromatic heterocycles. The van der Waals surface area contributed by atoms with Crippen LogP contribution < -0.4 is 11.5 Å². The number of aryl methyl sites for hydroxylation is 1. The lowest BCUT2D eigenvalue weighted by molar-refractivity contribution is 0.738. The summed E-state index contributed by atoms with van der Waals surface area (Å²) in [6.07, 6.45) is 2.06. The quantitative estimate of drug-likeness (QED) is 0.744. The minimum atomic E-state index is -0.0684. The Bertz CT molecular complexity index is 445. The first-order valence-electron chi connectivity index (χ1n) is 4.73. The molecule has 0 fully saturated rings. The average molecular weight is 189 g/mol. The van der Waals surface area contributed by atoms with Gasteiger partial charge in [-0.25, -0.2) is 0 Å². The predicted octanol–water partition coefficient (Wildman–Crippen LogP) is 1.14. The topological polar surface area (TPSA) is 57.0 Å². The largest absolute Gasteiger partial charge is 0.350 e. The Balaban J connectivity index is 2.66. The first-order valence-corrected chi connectivity index (χ1v) is 4.73. The average Bonchev–Trinajstić information content (AvgIpc) is 2.56. The molecule has 1 aromatic carbocycles. The van der Waals surface area contributed by atoms with E-state index in [4.69, 9.17) is 11.5 Å². The number of nitrogens with two attached hydrogens (primary N) is 2. The number of hydrogen-bond acceptors (Lipinski definition) is 2. The van der Waals surface area contributed by atoms with Crippen LogP contribution in [0.15, 0.2) is 30.5 Å². The highest BCUT2D eigenvalue weighted by Crippen LogP contribution is 2.23. The van der Waals surface area contributed by atoms with Gasteiger partial charge < -0.3 is 16.0 Å². The van der Waals surface area contributed by atoms with Crippen molar-refractivity contribution < 1.29 is 0 Å². The van der Waals surface area contributed by atoms with Gasteiger partial charge in [-0.3, -0.25) is 0 Å². The molecule has 0 radical (unpaired) electrons. The summed E-state index contributed by atoms with van der Waals surface area (Å²) in [4.78, 5) is 0. The fourth-order valence-corrected chi connectivity index (χ4v) is 1.80. The van der Waals surface area contributed by atoms with Gasteiger partial charge in [0, 0.05) is 36.7 Å². The monoisotopic (exact) mass is 189 g/mol. The summed E-state index contributed by atoms with van der Waals surface area (Å²) in [6.45, 7) is 0.480. The van der Waals surface area contributed by atoms with E-state index in [1.165, 1.54) is 10.9 Å². The van der Waals surface area contributed by atoms with Crippen molar-refractivity contribution in [1.29, 1.82) is 0 Å². The maximum atomic E-state index is 5.94. The Kier molecular flexibility index (Phi) is 2.27. The lowest BCUT2D eigenvalue weighted by atomic mass is 10.1. The molecule has 0 aliphatic heterocycles. The molecular formula is C11H15N3. The minimum Gasteiger partial charge on any atom is -0.350 e. The minimum absolute atomic E-state index is 0.0684. The molecule has 0 saturated carbocycles. The van der Waals surface area contributed by atoms with Gasteiger partial charge in [0.1, 0.15) is 0 Å². The summed E-state index contributed by atoms with van der Waals surface area (Å²) in [7, 11) is 2.02. The molecule has 0 aliphatic rings. The number of rotatable bonds is 2. The van der Waals surface area contributed by atoms with Crippen LogP contribution in [0.25, 0.3) is 10.9 Å². The van der Waals surface area contributed by atoms with Gasteiger partial charge in [0.25, 0.3) is 0 Å². The number of para-hydroxylation sites is 1. The van der Waals surface area contributed by atoms with Crippen molar-refractivity contribution in [2.75, 3.05) is 6.54 Å². The fraction of sp³-hybridized carbons (Fsp3) is 0.273. The van der Waals surface area contributed by atoms with Gasteiger partial charge >= 0.3 is 0 Å². The van der Waals surface area contributed by atoms with Crippen molar-refractivity contribution in [3.63, 3.8) is 0 Å². The molecular weight excluding hydrogens is 174 g/mol. The Morgan fingerprint density at radius 3 is 2.79 bits per heavy atom. The van der Waals surface area contributed by atoms with Crippen molar-refractivity contribution >= 4 is 10.9 Å². The van der Waals surface area contributed by atoms with E-state index in [1.54, 1.807) is 0 Å². The van der Waals surface area contributed by atoms with Gasteiger partial charge in [0.15, 0.2) is 0 Å². The molecule has 0 aliphatic carbocycles. The van der Waals surface area contributed by atoms with E-state index in [0.29, 0.717) is 6.54 Å². The first kappa shape index (κ1) is 9.24. The second-order valence-electron chi connectivity index (χ2n) is 3.55. The second-order valence-corrected chi connectivity index (χ2v) is 3.55. The van der Waals surface area contributed by atoms with E-state index in [0.717, 1.165) is 5.56 Å². The predicted molar refractivity (Wildman–Crippen MR) is 58.9 cm³/mol. The number of fused-ring (bicyclic) bond motifs is 1. The Morgan fingerprint density at radius 2 is 2.07 bits per heavy atom. The highest BCUT2D eigenvalue weighted by atomic mass is 14.9. The SMILES string of the molecule is Cn1cc([C@H](N)CN)c2ccccc21. The number of benzene rings is 1. The number of nitrogens with zero attached hydrogens (tertiary/aromatic N) is 1. The summed E-state index contributed by atoms with van der Waals surface area (Å²) in [5, 5.41) is 1.20. The lowest BCUT2D eigenvalue weighted by Crippen LogP contribution is -2.20. The second kappa shape index (κ2) is 3.44. The molecule has 14 heavy (non-hydrogen) atoms. The van der Waals surface area contributed by atoms with Gasteiger partial charge in [0.2, 0.25) is 0 Å². The lowest BCUT2D eigenvalue weighted by Gasteiger charge is -2.06. The summed E-state index contributed by atoms with van der Waals surface area (Å²) in [5.74, 6) is 0. The maximum absolute atomic E-state index is 5.94. The van der Waals surface area contributed by atoms with Gasteiger partial charge in [-0.05, 0) is 11.6 Å². The van der Waals surface area contributed by atoms with Crippen molar-refractivity contribution in [3.05, 3.63) is 36.0 Å². The fourth-order valence-electron chi connectivity index (χ4n) is 1.80. The van der Waals surface area contributed by atoms with E-state index >= 15 is 0 Å². The Morgan fingerprint density at radius 1 is 1.36 bits per heavy atom. The third kappa shape index (κ3) is 1.31. The number of aromatic nitrogens is 1. The standard InChI is InChI=1S/C11H15N3/c1-14-7-9(10(13)6-12)8-4-2-3-5-11(8)14/h2-5,7,10H,6,12-13H2,1H3/t10-/m1/s1. The van der Waals surface area contributed by atoms with Gasteiger partial charge in [-0.15, -0.1) is 0 Å². The third-order valence-electron chi connectivity index (χ3n) is 2.58. The van der Waals surface area contributed by atoms with Crippen LogP contribution in [0.1, 0.15) is 11.6 Å². The molecule has 0 unspecified atom stereocenters. The summed E-state index contributed by atoms with van der Waals surface area (Å²) >= 11 is 0. The molecule has 3 heteroatoms. The summed E-state index contributed by atoms with van der Waals surface area (Å²) in [5.41, 5.74) is 13.8. The zero-order valence-corrected chi connectivity index (χ0v) is 8.27. The number of hydrogen-bond donors (Lipinski definition) is 2. The summed E-state index contributed by atoms with van der Waals surface area (Å²) < 4.78 is 2.08. The van der Waals surface area contributed by atoms with Crippen molar-refractivity contribution in [1.82, 2.24) is 4.57 Å². The molecule has 0 saturated heterocycles. The van der Waals surface area contributed by atoms with Crippen LogP contribution in [-0.4, -0.2) is 11.1 Å². The molecule has 2 rings (SSSR count). The van der Waals surface area contributed by atoms with Gasteiger partial charge in [-0.1, -0.05) is 18.2 Å². The van der Waals surface area contributed by atoms with Crippen LogP contribution >= 0.6 is 0 Å². The maximum Gasteiger partial charge on any atom is 0.0481 e. The highest BCUT2D eigenvalue weighted by Gasteiger charge is 2.10. The van der Waals surface area contributed by atoms with Crippen LogP contribution in [0.3, 0.4) is 0 Å². The normalized spacial score (nSPS) is 13.4. The zero-order valence-electron chi connectivity index (χ0n) is 8.27. The molecule has 3 nitrogen and oxygen atoms in total. The zero-order chi connectivity index (χ0) is 10.1. The van der Waals surface area contributed by atoms with E-state index in [2.05, 4.69) is 22.9 Å². The van der Waals surface area contributed by atoms with Crippen molar-refractivity contribution in [3.8, 4) is 0 Å². The first-order chi connectivity index (χ1) is 6.74. The molecule has 2 aromatic rings. The van der Waals surface area contributed by atoms with Crippen LogP contribution in [0.5, 0.6) is 0 Å². The van der Waals surface area contributed by atoms with Crippen LogP contribution in [-0.2, 0) is 7.05 Å².